The third kappa shape index (κ3) is 3.48. The lowest BCUT2D eigenvalue weighted by molar-refractivity contribution is 0.317. The molecular formula is C16H17N3O2. The predicted octanol–water partition coefficient (Wildman–Crippen LogP) is 3.55. The molecule has 2 aromatic rings. The summed E-state index contributed by atoms with van der Waals surface area (Å²) in [6.45, 7) is 6.38. The number of nitrogens with zero attached hydrogens (tertiary/aromatic N) is 3. The van der Waals surface area contributed by atoms with Crippen LogP contribution in [0, 0.1) is 25.2 Å². The van der Waals surface area contributed by atoms with Crippen molar-refractivity contribution in [3.8, 4) is 23.4 Å². The number of aromatic nitrogens is 2. The van der Waals surface area contributed by atoms with Crippen molar-refractivity contribution in [2.24, 2.45) is 0 Å². The number of ether oxygens (including phenoxy) is 2. The quantitative estimate of drug-likeness (QED) is 0.839. The number of hydrogen-bond donors (Lipinski definition) is 0. The fourth-order valence-electron chi connectivity index (χ4n) is 1.73. The summed E-state index contributed by atoms with van der Waals surface area (Å²) in [5.41, 5.74) is 1.92. The molecule has 0 bridgehead atoms. The zero-order chi connectivity index (χ0) is 15.2. The molecule has 1 aromatic heterocycles. The SMILES string of the molecule is CCCOc1ccc(Oc2nnc(C)c(C)c2C#N)cc1. The van der Waals surface area contributed by atoms with Gasteiger partial charge < -0.3 is 9.47 Å². The first-order valence-electron chi connectivity index (χ1n) is 6.80. The topological polar surface area (TPSA) is 68.0 Å². The molecule has 0 aliphatic carbocycles. The van der Waals surface area contributed by atoms with E-state index in [9.17, 15) is 5.26 Å². The van der Waals surface area contributed by atoms with Crippen LogP contribution in [0.3, 0.4) is 0 Å². The molecule has 0 unspecified atom stereocenters. The Morgan fingerprint density at radius 1 is 1.10 bits per heavy atom. The Bertz CT molecular complexity index is 660. The summed E-state index contributed by atoms with van der Waals surface area (Å²) in [5, 5.41) is 17.2. The smallest absolute Gasteiger partial charge is 0.257 e. The van der Waals surface area contributed by atoms with Crippen LogP contribution in [0.2, 0.25) is 0 Å². The maximum Gasteiger partial charge on any atom is 0.257 e. The van der Waals surface area contributed by atoms with E-state index in [1.165, 1.54) is 0 Å². The van der Waals surface area contributed by atoms with E-state index in [0.717, 1.165) is 23.4 Å². The predicted molar refractivity (Wildman–Crippen MR) is 78.5 cm³/mol. The number of benzene rings is 1. The second kappa shape index (κ2) is 6.71. The minimum absolute atomic E-state index is 0.225. The molecule has 1 aromatic carbocycles. The van der Waals surface area contributed by atoms with Crippen LogP contribution in [-0.2, 0) is 0 Å². The van der Waals surface area contributed by atoms with E-state index in [2.05, 4.69) is 23.2 Å². The molecule has 0 saturated carbocycles. The number of aryl methyl sites for hydroxylation is 1. The molecule has 5 nitrogen and oxygen atoms in total. The van der Waals surface area contributed by atoms with Gasteiger partial charge in [-0.15, -0.1) is 5.10 Å². The van der Waals surface area contributed by atoms with Gasteiger partial charge in [0.25, 0.3) is 5.88 Å². The Labute approximate surface area is 124 Å². The number of rotatable bonds is 5. The van der Waals surface area contributed by atoms with Crippen molar-refractivity contribution in [1.82, 2.24) is 10.2 Å². The highest BCUT2D eigenvalue weighted by Crippen LogP contribution is 2.26. The average Bonchev–Trinajstić information content (AvgIpc) is 2.50. The van der Waals surface area contributed by atoms with Crippen molar-refractivity contribution < 1.29 is 9.47 Å². The maximum atomic E-state index is 9.23. The third-order valence-corrected chi connectivity index (χ3v) is 3.05. The van der Waals surface area contributed by atoms with E-state index in [0.29, 0.717) is 17.9 Å². The number of hydrogen-bond acceptors (Lipinski definition) is 5. The van der Waals surface area contributed by atoms with Gasteiger partial charge in [-0.25, -0.2) is 0 Å². The third-order valence-electron chi connectivity index (χ3n) is 3.05. The van der Waals surface area contributed by atoms with Crippen molar-refractivity contribution in [3.05, 3.63) is 41.1 Å². The Balaban J connectivity index is 2.19. The van der Waals surface area contributed by atoms with Crippen molar-refractivity contribution in [2.75, 3.05) is 6.61 Å². The second-order valence-electron chi connectivity index (χ2n) is 4.62. The maximum absolute atomic E-state index is 9.23. The van der Waals surface area contributed by atoms with Gasteiger partial charge in [-0.3, -0.25) is 0 Å². The molecule has 108 valence electrons. The normalized spacial score (nSPS) is 10.0. The van der Waals surface area contributed by atoms with Crippen LogP contribution in [0.25, 0.3) is 0 Å². The van der Waals surface area contributed by atoms with Gasteiger partial charge in [-0.1, -0.05) is 6.92 Å². The van der Waals surface area contributed by atoms with Crippen molar-refractivity contribution in [1.29, 1.82) is 5.26 Å². The lowest BCUT2D eigenvalue weighted by Gasteiger charge is -2.09. The van der Waals surface area contributed by atoms with Crippen molar-refractivity contribution in [3.63, 3.8) is 0 Å². The first-order chi connectivity index (χ1) is 10.2. The van der Waals surface area contributed by atoms with Gasteiger partial charge in [0.1, 0.15) is 23.1 Å². The highest BCUT2D eigenvalue weighted by molar-refractivity contribution is 5.46. The number of nitriles is 1. The Hall–Kier alpha value is -2.61. The standard InChI is InChI=1S/C16H17N3O2/c1-4-9-20-13-5-7-14(8-6-13)21-16-15(10-17)11(2)12(3)18-19-16/h5-8H,4,9H2,1-3H3. The molecular weight excluding hydrogens is 266 g/mol. The summed E-state index contributed by atoms with van der Waals surface area (Å²) in [5.74, 6) is 1.60. The molecule has 0 aliphatic rings. The van der Waals surface area contributed by atoms with Crippen LogP contribution >= 0.6 is 0 Å². The first kappa shape index (κ1) is 14.8. The van der Waals surface area contributed by atoms with E-state index >= 15 is 0 Å². The molecule has 0 spiro atoms. The minimum Gasteiger partial charge on any atom is -0.494 e. The summed E-state index contributed by atoms with van der Waals surface area (Å²) < 4.78 is 11.1. The van der Waals surface area contributed by atoms with E-state index in [1.54, 1.807) is 12.1 Å². The van der Waals surface area contributed by atoms with Gasteiger partial charge in [-0.05, 0) is 50.1 Å². The van der Waals surface area contributed by atoms with Gasteiger partial charge in [0.05, 0.1) is 12.3 Å². The molecule has 0 saturated heterocycles. The largest absolute Gasteiger partial charge is 0.494 e. The zero-order valence-corrected chi connectivity index (χ0v) is 12.4. The highest BCUT2D eigenvalue weighted by atomic mass is 16.5. The summed E-state index contributed by atoms with van der Waals surface area (Å²) in [7, 11) is 0. The van der Waals surface area contributed by atoms with Gasteiger partial charge in [0, 0.05) is 0 Å². The zero-order valence-electron chi connectivity index (χ0n) is 12.4. The molecule has 1 heterocycles. The van der Waals surface area contributed by atoms with Crippen LogP contribution < -0.4 is 9.47 Å². The average molecular weight is 283 g/mol. The van der Waals surface area contributed by atoms with E-state index in [1.807, 2.05) is 26.0 Å². The van der Waals surface area contributed by atoms with Crippen LogP contribution in [0.1, 0.15) is 30.2 Å². The van der Waals surface area contributed by atoms with Gasteiger partial charge >= 0.3 is 0 Å². The van der Waals surface area contributed by atoms with Crippen LogP contribution in [0.5, 0.6) is 17.4 Å². The van der Waals surface area contributed by atoms with Gasteiger partial charge in [0.15, 0.2) is 0 Å². The fraction of sp³-hybridized carbons (Fsp3) is 0.312. The van der Waals surface area contributed by atoms with E-state index in [-0.39, 0.29) is 5.88 Å². The van der Waals surface area contributed by atoms with Crippen LogP contribution in [-0.4, -0.2) is 16.8 Å². The van der Waals surface area contributed by atoms with Gasteiger partial charge in [0.2, 0.25) is 0 Å². The molecule has 0 aliphatic heterocycles. The summed E-state index contributed by atoms with van der Waals surface area (Å²) in [6, 6.07) is 9.32. The second-order valence-corrected chi connectivity index (χ2v) is 4.62. The fourth-order valence-corrected chi connectivity index (χ4v) is 1.73. The molecule has 0 N–H and O–H groups in total. The van der Waals surface area contributed by atoms with Gasteiger partial charge in [-0.2, -0.15) is 10.4 Å². The Morgan fingerprint density at radius 3 is 2.38 bits per heavy atom. The molecule has 0 radical (unpaired) electrons. The summed E-state index contributed by atoms with van der Waals surface area (Å²) in [6.07, 6.45) is 0.960. The first-order valence-corrected chi connectivity index (χ1v) is 6.80. The van der Waals surface area contributed by atoms with E-state index < -0.39 is 0 Å². The highest BCUT2D eigenvalue weighted by Gasteiger charge is 2.12. The van der Waals surface area contributed by atoms with Crippen molar-refractivity contribution in [2.45, 2.75) is 27.2 Å². The lowest BCUT2D eigenvalue weighted by Crippen LogP contribution is -2.00. The summed E-state index contributed by atoms with van der Waals surface area (Å²) in [4.78, 5) is 0. The monoisotopic (exact) mass is 283 g/mol. The molecule has 0 atom stereocenters. The molecule has 21 heavy (non-hydrogen) atoms. The van der Waals surface area contributed by atoms with Crippen molar-refractivity contribution >= 4 is 0 Å². The van der Waals surface area contributed by atoms with Crippen LogP contribution in [0.4, 0.5) is 0 Å². The summed E-state index contributed by atoms with van der Waals surface area (Å²) >= 11 is 0. The Kier molecular flexibility index (Phi) is 4.72. The lowest BCUT2D eigenvalue weighted by atomic mass is 10.1. The van der Waals surface area contributed by atoms with Crippen LogP contribution in [0.15, 0.2) is 24.3 Å². The van der Waals surface area contributed by atoms with E-state index in [4.69, 9.17) is 9.47 Å². The molecule has 2 rings (SSSR count). The minimum atomic E-state index is 0.225. The Morgan fingerprint density at radius 2 is 1.76 bits per heavy atom. The molecule has 0 amide bonds. The molecule has 5 heteroatoms. The molecule has 0 fully saturated rings.